The monoisotopic (exact) mass is 397 g/mol. The number of nitrogens with one attached hydrogen (secondary N) is 2. The van der Waals surface area contributed by atoms with Crippen LogP contribution in [0.2, 0.25) is 0 Å². The third-order valence-corrected chi connectivity index (χ3v) is 5.09. The van der Waals surface area contributed by atoms with E-state index in [1.165, 1.54) is 17.7 Å². The SMILES string of the molecule is C=C(NCc1ccc(OCC(C)C)cc1)N(Cc1ccc(F)cc1)[C@@H]1CCNC1. The molecule has 1 fully saturated rings. The Bertz CT molecular complexity index is 768. The molecule has 2 aromatic carbocycles. The molecule has 0 aliphatic carbocycles. The van der Waals surface area contributed by atoms with Gasteiger partial charge in [-0.15, -0.1) is 0 Å². The molecule has 1 aliphatic heterocycles. The molecule has 5 heteroatoms. The second-order valence-corrected chi connectivity index (χ2v) is 8.05. The van der Waals surface area contributed by atoms with Gasteiger partial charge in [-0.2, -0.15) is 0 Å². The lowest BCUT2D eigenvalue weighted by atomic mass is 10.1. The van der Waals surface area contributed by atoms with Gasteiger partial charge in [0, 0.05) is 25.7 Å². The Morgan fingerprint density at radius 3 is 2.48 bits per heavy atom. The summed E-state index contributed by atoms with van der Waals surface area (Å²) in [6.45, 7) is 12.6. The van der Waals surface area contributed by atoms with Gasteiger partial charge in [-0.3, -0.25) is 0 Å². The molecule has 0 amide bonds. The molecule has 1 aliphatic rings. The highest BCUT2D eigenvalue weighted by Gasteiger charge is 2.23. The van der Waals surface area contributed by atoms with Gasteiger partial charge in [0.15, 0.2) is 0 Å². The molecule has 1 heterocycles. The van der Waals surface area contributed by atoms with Crippen LogP contribution in [-0.4, -0.2) is 30.6 Å². The lowest BCUT2D eigenvalue weighted by Gasteiger charge is -2.33. The van der Waals surface area contributed by atoms with Crippen LogP contribution in [0, 0.1) is 11.7 Å². The van der Waals surface area contributed by atoms with Crippen molar-refractivity contribution in [3.05, 3.63) is 77.9 Å². The Kier molecular flexibility index (Phi) is 7.53. The normalized spacial score (nSPS) is 16.1. The van der Waals surface area contributed by atoms with Gasteiger partial charge in [0.1, 0.15) is 11.6 Å². The zero-order valence-corrected chi connectivity index (χ0v) is 17.5. The molecular formula is C24H32FN3O. The number of benzene rings is 2. The highest BCUT2D eigenvalue weighted by Crippen LogP contribution is 2.19. The highest BCUT2D eigenvalue weighted by atomic mass is 19.1. The van der Waals surface area contributed by atoms with Crippen molar-refractivity contribution in [3.8, 4) is 5.75 Å². The molecular weight excluding hydrogens is 365 g/mol. The summed E-state index contributed by atoms with van der Waals surface area (Å²) in [5, 5.41) is 6.88. The van der Waals surface area contributed by atoms with Gasteiger partial charge in [-0.25, -0.2) is 4.39 Å². The van der Waals surface area contributed by atoms with Crippen molar-refractivity contribution in [3.63, 3.8) is 0 Å². The van der Waals surface area contributed by atoms with Crippen LogP contribution in [-0.2, 0) is 13.1 Å². The Hall–Kier alpha value is -2.53. The van der Waals surface area contributed by atoms with Crippen molar-refractivity contribution >= 4 is 0 Å². The minimum Gasteiger partial charge on any atom is -0.493 e. The molecule has 1 atom stereocenters. The number of nitrogens with zero attached hydrogens (tertiary/aromatic N) is 1. The van der Waals surface area contributed by atoms with Gasteiger partial charge in [0.2, 0.25) is 0 Å². The van der Waals surface area contributed by atoms with E-state index < -0.39 is 0 Å². The van der Waals surface area contributed by atoms with E-state index in [1.54, 1.807) is 0 Å². The zero-order chi connectivity index (χ0) is 20.6. The average molecular weight is 398 g/mol. The number of rotatable bonds is 10. The number of hydrogen-bond acceptors (Lipinski definition) is 4. The molecule has 156 valence electrons. The van der Waals surface area contributed by atoms with Crippen LogP contribution < -0.4 is 15.4 Å². The first-order valence-corrected chi connectivity index (χ1v) is 10.4. The minimum absolute atomic E-state index is 0.208. The molecule has 0 unspecified atom stereocenters. The Labute approximate surface area is 173 Å². The van der Waals surface area contributed by atoms with Crippen LogP contribution in [0.5, 0.6) is 5.75 Å². The first-order valence-electron chi connectivity index (χ1n) is 10.4. The molecule has 0 radical (unpaired) electrons. The van der Waals surface area contributed by atoms with E-state index in [-0.39, 0.29) is 5.82 Å². The first kappa shape index (κ1) is 21.2. The van der Waals surface area contributed by atoms with Gasteiger partial charge in [-0.1, -0.05) is 44.7 Å². The standard InChI is InChI=1S/C24H32FN3O/c1-18(2)17-29-24-10-6-20(7-11-24)14-27-19(3)28(23-12-13-26-15-23)16-21-4-8-22(25)9-5-21/h4-11,18,23,26-27H,3,12-17H2,1-2H3/t23-/m1/s1. The average Bonchev–Trinajstić information content (AvgIpc) is 3.25. The summed E-state index contributed by atoms with van der Waals surface area (Å²) in [6.07, 6.45) is 1.07. The van der Waals surface area contributed by atoms with Gasteiger partial charge in [0.25, 0.3) is 0 Å². The molecule has 0 spiro atoms. The highest BCUT2D eigenvalue weighted by molar-refractivity contribution is 5.27. The van der Waals surface area contributed by atoms with Crippen molar-refractivity contribution in [1.29, 1.82) is 0 Å². The van der Waals surface area contributed by atoms with Gasteiger partial charge >= 0.3 is 0 Å². The van der Waals surface area contributed by atoms with Crippen molar-refractivity contribution in [2.45, 2.75) is 39.4 Å². The van der Waals surface area contributed by atoms with E-state index in [0.717, 1.165) is 43.3 Å². The molecule has 0 bridgehead atoms. The number of hydrogen-bond donors (Lipinski definition) is 2. The van der Waals surface area contributed by atoms with E-state index in [4.69, 9.17) is 4.74 Å². The minimum atomic E-state index is -0.208. The molecule has 4 nitrogen and oxygen atoms in total. The molecule has 0 aromatic heterocycles. The van der Waals surface area contributed by atoms with Crippen molar-refractivity contribution in [2.24, 2.45) is 5.92 Å². The van der Waals surface area contributed by atoms with Gasteiger partial charge in [-0.05, 0) is 54.3 Å². The second kappa shape index (κ2) is 10.3. The molecule has 2 aromatic rings. The third-order valence-electron chi connectivity index (χ3n) is 5.09. The topological polar surface area (TPSA) is 36.5 Å². The summed E-state index contributed by atoms with van der Waals surface area (Å²) >= 11 is 0. The lowest BCUT2D eigenvalue weighted by Crippen LogP contribution is -2.40. The fourth-order valence-corrected chi connectivity index (χ4v) is 3.41. The van der Waals surface area contributed by atoms with Crippen LogP contribution >= 0.6 is 0 Å². The van der Waals surface area contributed by atoms with Crippen molar-refractivity contribution in [1.82, 2.24) is 15.5 Å². The first-order chi connectivity index (χ1) is 14.0. The second-order valence-electron chi connectivity index (χ2n) is 8.05. The predicted molar refractivity (Wildman–Crippen MR) is 116 cm³/mol. The van der Waals surface area contributed by atoms with E-state index in [1.807, 2.05) is 24.3 Å². The maximum absolute atomic E-state index is 13.2. The summed E-state index contributed by atoms with van der Waals surface area (Å²) in [5.74, 6) is 2.09. The fraction of sp³-hybridized carbons (Fsp3) is 0.417. The van der Waals surface area contributed by atoms with E-state index in [2.05, 4.69) is 48.1 Å². The smallest absolute Gasteiger partial charge is 0.123 e. The summed E-state index contributed by atoms with van der Waals surface area (Å²) in [4.78, 5) is 2.29. The molecule has 3 rings (SSSR count). The van der Waals surface area contributed by atoms with E-state index in [0.29, 0.717) is 25.0 Å². The Morgan fingerprint density at radius 1 is 1.17 bits per heavy atom. The molecule has 2 N–H and O–H groups in total. The van der Waals surface area contributed by atoms with E-state index in [9.17, 15) is 4.39 Å². The zero-order valence-electron chi connectivity index (χ0n) is 17.5. The maximum atomic E-state index is 13.2. The number of ether oxygens (including phenoxy) is 1. The molecule has 1 saturated heterocycles. The third kappa shape index (κ3) is 6.50. The summed E-state index contributed by atoms with van der Waals surface area (Å²) in [5.41, 5.74) is 2.25. The van der Waals surface area contributed by atoms with Crippen LogP contribution in [0.25, 0.3) is 0 Å². The summed E-state index contributed by atoms with van der Waals surface area (Å²) in [6, 6.07) is 15.3. The van der Waals surface area contributed by atoms with Gasteiger partial charge < -0.3 is 20.3 Å². The van der Waals surface area contributed by atoms with Crippen LogP contribution in [0.3, 0.4) is 0 Å². The Balaban J connectivity index is 1.58. The maximum Gasteiger partial charge on any atom is 0.123 e. The van der Waals surface area contributed by atoms with Crippen molar-refractivity contribution < 1.29 is 9.13 Å². The summed E-state index contributed by atoms with van der Waals surface area (Å²) < 4.78 is 19.0. The van der Waals surface area contributed by atoms with Crippen LogP contribution in [0.4, 0.5) is 4.39 Å². The van der Waals surface area contributed by atoms with E-state index >= 15 is 0 Å². The molecule has 29 heavy (non-hydrogen) atoms. The lowest BCUT2D eigenvalue weighted by molar-refractivity contribution is 0.241. The largest absolute Gasteiger partial charge is 0.493 e. The number of halogens is 1. The Morgan fingerprint density at radius 2 is 1.86 bits per heavy atom. The summed E-state index contributed by atoms with van der Waals surface area (Å²) in [7, 11) is 0. The quantitative estimate of drug-likeness (QED) is 0.627. The molecule has 0 saturated carbocycles. The predicted octanol–water partition coefficient (Wildman–Crippen LogP) is 4.29. The fourth-order valence-electron chi connectivity index (χ4n) is 3.41. The van der Waals surface area contributed by atoms with Crippen LogP contribution in [0.15, 0.2) is 60.9 Å². The van der Waals surface area contributed by atoms with Gasteiger partial charge in [0.05, 0.1) is 12.4 Å². The van der Waals surface area contributed by atoms with Crippen molar-refractivity contribution in [2.75, 3.05) is 19.7 Å². The van der Waals surface area contributed by atoms with Crippen LogP contribution in [0.1, 0.15) is 31.4 Å².